The van der Waals surface area contributed by atoms with Crippen LogP contribution < -0.4 is 0 Å². The summed E-state index contributed by atoms with van der Waals surface area (Å²) in [5.41, 5.74) is 4.14. The molecule has 42 heavy (non-hydrogen) atoms. The second-order valence-corrected chi connectivity index (χ2v) is 10.6. The van der Waals surface area contributed by atoms with Crippen LogP contribution in [-0.4, -0.2) is 57.7 Å². The van der Waals surface area contributed by atoms with Crippen LogP contribution in [-0.2, 0) is 24.6 Å². The molecule has 0 aliphatic carbocycles. The van der Waals surface area contributed by atoms with Gasteiger partial charge in [-0.1, -0.05) is 0 Å². The van der Waals surface area contributed by atoms with Gasteiger partial charge in [0.2, 0.25) is 0 Å². The number of methoxy groups -OCH3 is 2. The van der Waals surface area contributed by atoms with E-state index in [0.29, 0.717) is 28.1 Å². The first kappa shape index (κ1) is 36.1. The zero-order chi connectivity index (χ0) is 31.5. The second kappa shape index (κ2) is 20.0. The predicted octanol–water partition coefficient (Wildman–Crippen LogP) is 5.97. The fraction of sp³-hybridized carbons (Fsp3) is 0.172. The summed E-state index contributed by atoms with van der Waals surface area (Å²) in [6, 6.07) is 13.1. The van der Waals surface area contributed by atoms with Gasteiger partial charge >= 0.3 is 46.5 Å². The maximum absolute atomic E-state index is 11.4. The number of pyridine rings is 4. The fourth-order valence-electron chi connectivity index (χ4n) is 2.98. The van der Waals surface area contributed by atoms with Gasteiger partial charge in [-0.15, -0.1) is 0 Å². The molecule has 4 heterocycles. The van der Waals surface area contributed by atoms with Crippen LogP contribution in [0.25, 0.3) is 11.4 Å². The molecule has 0 saturated carbocycles. The summed E-state index contributed by atoms with van der Waals surface area (Å²) >= 11 is -0.346. The molecule has 222 valence electrons. The number of ketones is 2. The zero-order valence-corrected chi connectivity index (χ0v) is 26.6. The van der Waals surface area contributed by atoms with Gasteiger partial charge < -0.3 is 9.47 Å². The average Bonchev–Trinajstić information content (AvgIpc) is 3.02. The topological polar surface area (TPSA) is 138 Å². The van der Waals surface area contributed by atoms with Crippen molar-refractivity contribution < 1.29 is 43.8 Å². The molecule has 0 saturated heterocycles. The number of rotatable bonds is 5. The van der Waals surface area contributed by atoms with E-state index in [2.05, 4.69) is 29.4 Å². The Bertz CT molecular complexity index is 1480. The molecule has 0 N–H and O–H groups in total. The third-order valence-corrected chi connectivity index (χ3v) is 5.01. The van der Waals surface area contributed by atoms with Crippen molar-refractivity contribution in [2.24, 2.45) is 0 Å². The zero-order valence-electron chi connectivity index (χ0n) is 23.4. The van der Waals surface area contributed by atoms with Crippen molar-refractivity contribution in [3.63, 3.8) is 0 Å². The van der Waals surface area contributed by atoms with Crippen LogP contribution in [0.1, 0.15) is 61.0 Å². The molecule has 0 aromatic carbocycles. The van der Waals surface area contributed by atoms with Crippen molar-refractivity contribution in [3.05, 3.63) is 107 Å². The van der Waals surface area contributed by atoms with Crippen LogP contribution in [0.3, 0.4) is 0 Å². The van der Waals surface area contributed by atoms with Crippen molar-refractivity contribution in [2.75, 3.05) is 14.2 Å². The van der Waals surface area contributed by atoms with Crippen molar-refractivity contribution in [1.82, 2.24) is 19.9 Å². The van der Waals surface area contributed by atoms with E-state index in [1.54, 1.807) is 80.2 Å². The van der Waals surface area contributed by atoms with Crippen molar-refractivity contribution in [2.45, 2.75) is 20.8 Å². The molecule has 0 aliphatic rings. The first-order valence-corrected chi connectivity index (χ1v) is 16.3. The first-order chi connectivity index (χ1) is 20.1. The minimum atomic E-state index is -0.439. The van der Waals surface area contributed by atoms with Crippen LogP contribution in [0.15, 0.2) is 79.5 Å². The number of hydrogen-bond acceptors (Lipinski definition) is 10. The molecule has 0 amide bonds. The minimum absolute atomic E-state index is 0.0484. The summed E-state index contributed by atoms with van der Waals surface area (Å²) in [6.45, 7) is 4.90. The van der Waals surface area contributed by atoms with Gasteiger partial charge in [0.15, 0.2) is 11.6 Å². The number of aryl methyl sites for hydroxylation is 1. The predicted molar refractivity (Wildman–Crippen MR) is 155 cm³/mol. The van der Waals surface area contributed by atoms with E-state index >= 15 is 0 Å². The van der Waals surface area contributed by atoms with Crippen molar-refractivity contribution in [3.8, 4) is 11.4 Å². The third-order valence-electron chi connectivity index (χ3n) is 5.01. The van der Waals surface area contributed by atoms with E-state index < -0.39 is 5.97 Å². The Morgan fingerprint density at radius 3 is 1.43 bits per heavy atom. The number of carbonyl (C=O) groups excluding carboxylic acids is 4. The first-order valence-electron chi connectivity index (χ1n) is 11.9. The summed E-state index contributed by atoms with van der Waals surface area (Å²) in [4.78, 5) is 60.3. The van der Waals surface area contributed by atoms with E-state index in [-0.39, 0.29) is 32.7 Å². The van der Waals surface area contributed by atoms with Crippen LogP contribution in [0.4, 0.5) is 0 Å². The van der Waals surface area contributed by atoms with Crippen LogP contribution >= 0.6 is 19.4 Å². The molecule has 10 nitrogen and oxygen atoms in total. The SMILES string of the molecule is CC(=O)c1ccnc(C)c1.COC(=O)c1ccnc(-c2cc(C(C)=O)ccn2)c1.COC(=O)c1ccncc1.[Cl][Ru][Cl]. The molecule has 4 aromatic rings. The van der Waals surface area contributed by atoms with Gasteiger partial charge in [0.05, 0.1) is 36.7 Å². The summed E-state index contributed by atoms with van der Waals surface area (Å²) in [5, 5.41) is 0. The average molecular weight is 701 g/mol. The molecule has 0 aliphatic heterocycles. The molecule has 4 rings (SSSR count). The molecule has 0 radical (unpaired) electrons. The molecule has 0 spiro atoms. The molecule has 0 atom stereocenters. The molecule has 0 fully saturated rings. The summed E-state index contributed by atoms with van der Waals surface area (Å²) < 4.78 is 9.12. The molecule has 0 unspecified atom stereocenters. The van der Waals surface area contributed by atoms with Crippen LogP contribution in [0.5, 0.6) is 0 Å². The van der Waals surface area contributed by atoms with E-state index in [1.807, 2.05) is 6.92 Å². The van der Waals surface area contributed by atoms with Crippen molar-refractivity contribution >= 4 is 42.9 Å². The van der Waals surface area contributed by atoms with E-state index in [9.17, 15) is 19.2 Å². The third kappa shape index (κ3) is 13.2. The number of esters is 2. The molecular weight excluding hydrogens is 672 g/mol. The Morgan fingerprint density at radius 1 is 0.619 bits per heavy atom. The number of carbonyl (C=O) groups is 4. The molecule has 0 bridgehead atoms. The van der Waals surface area contributed by atoms with E-state index in [4.69, 9.17) is 19.4 Å². The van der Waals surface area contributed by atoms with E-state index in [1.165, 1.54) is 27.3 Å². The van der Waals surface area contributed by atoms with Gasteiger partial charge in [-0.25, -0.2) is 9.59 Å². The Kier molecular flexibility index (Phi) is 17.2. The number of hydrogen-bond donors (Lipinski definition) is 0. The van der Waals surface area contributed by atoms with Crippen molar-refractivity contribution in [1.29, 1.82) is 0 Å². The summed E-state index contributed by atoms with van der Waals surface area (Å²) in [7, 11) is 12.4. The van der Waals surface area contributed by atoms with Gasteiger partial charge in [0.1, 0.15) is 0 Å². The summed E-state index contributed by atoms with van der Waals surface area (Å²) in [5.74, 6) is -0.730. The fourth-order valence-corrected chi connectivity index (χ4v) is 2.98. The number of Topliss-reactive ketones (excluding diaryl/α,β-unsaturated/α-hetero) is 2. The standard InChI is InChI=1S/C14H12N2O3.C8H9NO.C7H7NO2.2ClH.Ru/c1-9(17)10-3-5-15-12(7-10)13-8-11(4-6-16-13)14(18)19-2;1-6-5-8(7(2)10)3-4-9-6;1-10-7(9)6-2-4-8-5-3-6;;;/h3-8H,1-2H3;3-5H,1-2H3;2-5H,1H3;2*1H;/q;;;;;+2/p-2. The number of aromatic nitrogens is 4. The van der Waals surface area contributed by atoms with Gasteiger partial charge in [-0.3, -0.25) is 29.5 Å². The normalized spacial score (nSPS) is 9.40. The Balaban J connectivity index is 0.000000325. The quantitative estimate of drug-likeness (QED) is 0.139. The Morgan fingerprint density at radius 2 is 1.00 bits per heavy atom. The maximum atomic E-state index is 11.4. The Labute approximate surface area is 259 Å². The number of halogens is 2. The van der Waals surface area contributed by atoms with Gasteiger partial charge in [-0.05, 0) is 69.3 Å². The van der Waals surface area contributed by atoms with E-state index in [0.717, 1.165) is 11.3 Å². The Hall–Kier alpha value is -3.92. The molecule has 13 heteroatoms. The number of ether oxygens (including phenoxy) is 2. The van der Waals surface area contributed by atoms with Gasteiger partial charge in [0.25, 0.3) is 0 Å². The summed E-state index contributed by atoms with van der Waals surface area (Å²) in [6.07, 6.45) is 7.78. The monoisotopic (exact) mass is 700 g/mol. The molecule has 4 aromatic heterocycles. The molecular formula is C29H28Cl2N4O6Ru. The van der Waals surface area contributed by atoms with Gasteiger partial charge in [-0.2, -0.15) is 0 Å². The van der Waals surface area contributed by atoms with Gasteiger partial charge in [0, 0.05) is 47.8 Å². The van der Waals surface area contributed by atoms with Crippen LogP contribution in [0, 0.1) is 6.92 Å². The second-order valence-electron chi connectivity index (χ2n) is 7.93. The number of nitrogens with zero attached hydrogens (tertiary/aromatic N) is 4. The van der Waals surface area contributed by atoms with Crippen LogP contribution in [0.2, 0.25) is 0 Å².